The maximum Gasteiger partial charge on any atom is 0.344 e. The van der Waals surface area contributed by atoms with Crippen molar-refractivity contribution in [1.82, 2.24) is 0 Å². The van der Waals surface area contributed by atoms with Gasteiger partial charge in [0.25, 0.3) is 5.91 Å². The molecular formula is C19H21NO7. The number of esters is 1. The molecule has 0 saturated carbocycles. The van der Waals surface area contributed by atoms with Crippen LogP contribution in [0.5, 0.6) is 11.5 Å². The van der Waals surface area contributed by atoms with Crippen molar-refractivity contribution in [2.24, 2.45) is 0 Å². The number of ketones is 1. The molecule has 2 aromatic rings. The highest BCUT2D eigenvalue weighted by Gasteiger charge is 2.29. The van der Waals surface area contributed by atoms with Crippen LogP contribution in [0.3, 0.4) is 0 Å². The highest BCUT2D eigenvalue weighted by Crippen LogP contribution is 2.30. The summed E-state index contributed by atoms with van der Waals surface area (Å²) in [4.78, 5) is 36.9. The maximum atomic E-state index is 12.7. The predicted molar refractivity (Wildman–Crippen MR) is 96.9 cm³/mol. The Labute approximate surface area is 156 Å². The smallest absolute Gasteiger partial charge is 0.344 e. The second-order valence-corrected chi connectivity index (χ2v) is 5.57. The normalized spacial score (nSPS) is 10.3. The molecule has 1 N–H and O–H groups in total. The number of furan rings is 1. The summed E-state index contributed by atoms with van der Waals surface area (Å²) in [6, 6.07) is 4.62. The molecule has 0 saturated heterocycles. The molecule has 1 aromatic heterocycles. The minimum Gasteiger partial charge on any atom is -0.497 e. The van der Waals surface area contributed by atoms with Crippen molar-refractivity contribution in [2.45, 2.75) is 20.8 Å². The Morgan fingerprint density at radius 2 is 1.63 bits per heavy atom. The molecule has 0 unspecified atom stereocenters. The largest absolute Gasteiger partial charge is 0.497 e. The van der Waals surface area contributed by atoms with Crippen molar-refractivity contribution in [1.29, 1.82) is 0 Å². The van der Waals surface area contributed by atoms with Gasteiger partial charge in [-0.2, -0.15) is 0 Å². The van der Waals surface area contributed by atoms with Crippen molar-refractivity contribution >= 4 is 23.5 Å². The molecule has 0 radical (unpaired) electrons. The van der Waals surface area contributed by atoms with E-state index in [4.69, 9.17) is 18.6 Å². The van der Waals surface area contributed by atoms with E-state index >= 15 is 0 Å². The van der Waals surface area contributed by atoms with E-state index in [0.717, 1.165) is 0 Å². The number of amides is 1. The summed E-state index contributed by atoms with van der Waals surface area (Å²) in [6.45, 7) is 4.59. The Morgan fingerprint density at radius 1 is 1.04 bits per heavy atom. The minimum absolute atomic E-state index is 0.0759. The summed E-state index contributed by atoms with van der Waals surface area (Å²) < 4.78 is 20.7. The topological polar surface area (TPSA) is 104 Å². The highest BCUT2D eigenvalue weighted by atomic mass is 16.5. The molecule has 0 aliphatic carbocycles. The molecule has 8 heteroatoms. The number of aryl methyl sites for hydroxylation is 1. The summed E-state index contributed by atoms with van der Waals surface area (Å²) in [5, 5.41) is 2.52. The zero-order valence-corrected chi connectivity index (χ0v) is 15.8. The average Bonchev–Trinajstić information content (AvgIpc) is 2.97. The van der Waals surface area contributed by atoms with Gasteiger partial charge in [-0.15, -0.1) is 0 Å². The van der Waals surface area contributed by atoms with Gasteiger partial charge in [-0.1, -0.05) is 0 Å². The predicted octanol–water partition coefficient (Wildman–Crippen LogP) is 3.24. The highest BCUT2D eigenvalue weighted by molar-refractivity contribution is 6.12. The summed E-state index contributed by atoms with van der Waals surface area (Å²) in [5.41, 5.74) is 0.191. The van der Waals surface area contributed by atoms with Crippen LogP contribution in [0, 0.1) is 6.92 Å². The number of methoxy groups -OCH3 is 2. The van der Waals surface area contributed by atoms with Crippen LogP contribution in [0.4, 0.5) is 5.88 Å². The van der Waals surface area contributed by atoms with Crippen LogP contribution in [0.15, 0.2) is 22.6 Å². The zero-order chi connectivity index (χ0) is 20.1. The van der Waals surface area contributed by atoms with Gasteiger partial charge in [-0.25, -0.2) is 4.79 Å². The summed E-state index contributed by atoms with van der Waals surface area (Å²) in [5.74, 6) is -0.787. The third-order valence-corrected chi connectivity index (χ3v) is 3.76. The third kappa shape index (κ3) is 4.28. The summed E-state index contributed by atoms with van der Waals surface area (Å²) in [7, 11) is 2.93. The van der Waals surface area contributed by atoms with Gasteiger partial charge in [0.15, 0.2) is 5.78 Å². The second-order valence-electron chi connectivity index (χ2n) is 5.57. The molecule has 1 amide bonds. The lowest BCUT2D eigenvalue weighted by Gasteiger charge is -2.09. The summed E-state index contributed by atoms with van der Waals surface area (Å²) >= 11 is 0. The van der Waals surface area contributed by atoms with E-state index in [1.54, 1.807) is 13.0 Å². The van der Waals surface area contributed by atoms with E-state index < -0.39 is 11.9 Å². The van der Waals surface area contributed by atoms with E-state index in [2.05, 4.69) is 5.32 Å². The fourth-order valence-corrected chi connectivity index (χ4v) is 2.57. The number of carbonyl (C=O) groups is 3. The number of rotatable bonds is 7. The quantitative estimate of drug-likeness (QED) is 0.585. The van der Waals surface area contributed by atoms with Crippen LogP contribution in [0.25, 0.3) is 0 Å². The molecule has 0 spiro atoms. The van der Waals surface area contributed by atoms with E-state index in [-0.39, 0.29) is 40.7 Å². The molecule has 8 nitrogen and oxygen atoms in total. The first-order chi connectivity index (χ1) is 12.8. The zero-order valence-electron chi connectivity index (χ0n) is 15.8. The number of anilines is 1. The number of benzene rings is 1. The Balaban J connectivity index is 2.45. The van der Waals surface area contributed by atoms with E-state index in [0.29, 0.717) is 11.5 Å². The van der Waals surface area contributed by atoms with Crippen LogP contribution >= 0.6 is 0 Å². The third-order valence-electron chi connectivity index (χ3n) is 3.76. The Kier molecular flexibility index (Phi) is 6.23. The van der Waals surface area contributed by atoms with Gasteiger partial charge in [0.2, 0.25) is 5.88 Å². The van der Waals surface area contributed by atoms with Gasteiger partial charge in [0, 0.05) is 11.6 Å². The Morgan fingerprint density at radius 3 is 2.11 bits per heavy atom. The second kappa shape index (κ2) is 8.39. The number of nitrogens with one attached hydrogen (secondary N) is 1. The molecular weight excluding hydrogens is 354 g/mol. The van der Waals surface area contributed by atoms with E-state index in [1.165, 1.54) is 40.2 Å². The maximum absolute atomic E-state index is 12.7. The number of hydrogen-bond acceptors (Lipinski definition) is 7. The molecule has 0 bridgehead atoms. The summed E-state index contributed by atoms with van der Waals surface area (Å²) in [6.07, 6.45) is 0. The molecule has 0 aliphatic rings. The van der Waals surface area contributed by atoms with Gasteiger partial charge in [-0.3, -0.25) is 14.9 Å². The van der Waals surface area contributed by atoms with Crippen LogP contribution in [0.1, 0.15) is 50.7 Å². The van der Waals surface area contributed by atoms with Gasteiger partial charge >= 0.3 is 5.97 Å². The lowest BCUT2D eigenvalue weighted by molar-refractivity contribution is 0.0524. The Hall–Kier alpha value is -3.29. The molecule has 27 heavy (non-hydrogen) atoms. The number of hydrogen-bond donors (Lipinski definition) is 1. The van der Waals surface area contributed by atoms with E-state index in [9.17, 15) is 14.4 Å². The molecule has 1 aromatic carbocycles. The molecule has 144 valence electrons. The average molecular weight is 375 g/mol. The molecule has 0 aliphatic heterocycles. The fourth-order valence-electron chi connectivity index (χ4n) is 2.57. The standard InChI is InChI=1S/C19H21NO7/c1-6-26-19(23)16-15(10(2)21)11(3)27-18(16)20-17(22)12-7-13(24-4)9-14(8-12)25-5/h7-9H,6H2,1-5H3,(H,20,22). The minimum atomic E-state index is -0.752. The van der Waals surface area contributed by atoms with Gasteiger partial charge in [-0.05, 0) is 32.9 Å². The number of ether oxygens (including phenoxy) is 3. The Bertz CT molecular complexity index is 860. The van der Waals surface area contributed by atoms with Crippen LogP contribution in [-0.4, -0.2) is 38.5 Å². The first kappa shape index (κ1) is 20.0. The van der Waals surface area contributed by atoms with Gasteiger partial charge in [0.1, 0.15) is 22.8 Å². The number of Topliss-reactive ketones (excluding diaryl/α,β-unsaturated/α-hetero) is 1. The molecule has 2 rings (SSSR count). The van der Waals surface area contributed by atoms with Crippen LogP contribution < -0.4 is 14.8 Å². The van der Waals surface area contributed by atoms with Crippen LogP contribution in [0.2, 0.25) is 0 Å². The van der Waals surface area contributed by atoms with Crippen molar-refractivity contribution in [2.75, 3.05) is 26.1 Å². The number of carbonyl (C=O) groups excluding carboxylic acids is 3. The monoisotopic (exact) mass is 375 g/mol. The molecule has 0 atom stereocenters. The van der Waals surface area contributed by atoms with Crippen molar-refractivity contribution in [3.05, 3.63) is 40.6 Å². The van der Waals surface area contributed by atoms with Crippen molar-refractivity contribution in [3.63, 3.8) is 0 Å². The molecule has 0 fully saturated rings. The molecule has 1 heterocycles. The SMILES string of the molecule is CCOC(=O)c1c(NC(=O)c2cc(OC)cc(OC)c2)oc(C)c1C(C)=O. The van der Waals surface area contributed by atoms with Crippen molar-refractivity contribution < 1.29 is 33.0 Å². The van der Waals surface area contributed by atoms with Crippen LogP contribution in [-0.2, 0) is 4.74 Å². The van der Waals surface area contributed by atoms with Crippen molar-refractivity contribution in [3.8, 4) is 11.5 Å². The van der Waals surface area contributed by atoms with Gasteiger partial charge in [0.05, 0.1) is 26.4 Å². The fraction of sp³-hybridized carbons (Fsp3) is 0.316. The lowest BCUT2D eigenvalue weighted by atomic mass is 10.1. The first-order valence-corrected chi connectivity index (χ1v) is 8.18. The van der Waals surface area contributed by atoms with E-state index in [1.807, 2.05) is 0 Å². The lowest BCUT2D eigenvalue weighted by Crippen LogP contribution is -2.16. The van der Waals surface area contributed by atoms with Gasteiger partial charge < -0.3 is 18.6 Å². The first-order valence-electron chi connectivity index (χ1n) is 8.18.